The molecule has 1 unspecified atom stereocenters. The molecule has 0 aliphatic carbocycles. The fourth-order valence-corrected chi connectivity index (χ4v) is 3.76. The molecule has 0 N–H and O–H groups in total. The van der Waals surface area contributed by atoms with Gasteiger partial charge in [0.05, 0.1) is 25.1 Å². The number of para-hydroxylation sites is 1. The van der Waals surface area contributed by atoms with E-state index in [0.717, 1.165) is 30.7 Å². The molecule has 0 radical (unpaired) electrons. The zero-order valence-corrected chi connectivity index (χ0v) is 18.7. The van der Waals surface area contributed by atoms with E-state index in [4.69, 9.17) is 14.2 Å². The summed E-state index contributed by atoms with van der Waals surface area (Å²) in [4.78, 5) is 16.7. The van der Waals surface area contributed by atoms with E-state index < -0.39 is 0 Å². The average molecular weight is 449 g/mol. The molecule has 2 heterocycles. The maximum absolute atomic E-state index is 13.4. The topological polar surface area (TPSA) is 78.7 Å². The Balaban J connectivity index is 1.55. The van der Waals surface area contributed by atoms with Gasteiger partial charge in [0.1, 0.15) is 6.61 Å². The second-order valence-electron chi connectivity index (χ2n) is 7.76. The summed E-state index contributed by atoms with van der Waals surface area (Å²) >= 11 is 0. The first kappa shape index (κ1) is 22.5. The van der Waals surface area contributed by atoms with Crippen molar-refractivity contribution in [1.82, 2.24) is 19.9 Å². The van der Waals surface area contributed by atoms with Gasteiger partial charge in [-0.3, -0.25) is 4.79 Å². The molecule has 3 aromatic rings. The lowest BCUT2D eigenvalue weighted by molar-refractivity contribution is 0.0502. The van der Waals surface area contributed by atoms with Gasteiger partial charge in [-0.15, -0.1) is 5.10 Å². The van der Waals surface area contributed by atoms with Crippen LogP contribution in [0.5, 0.6) is 11.5 Å². The van der Waals surface area contributed by atoms with Gasteiger partial charge in [0.15, 0.2) is 17.2 Å². The lowest BCUT2D eigenvalue weighted by Crippen LogP contribution is -2.37. The molecular weight excluding hydrogens is 420 g/mol. The van der Waals surface area contributed by atoms with Crippen LogP contribution in [0.25, 0.3) is 5.69 Å². The fraction of sp³-hybridized carbons (Fsp3) is 0.320. The van der Waals surface area contributed by atoms with Crippen molar-refractivity contribution < 1.29 is 19.0 Å². The maximum atomic E-state index is 13.4. The highest BCUT2D eigenvalue weighted by Crippen LogP contribution is 2.29. The van der Waals surface area contributed by atoms with Crippen LogP contribution >= 0.6 is 0 Å². The SMILES string of the molecule is C=CCOc1ccc(CN(CC2CCCO2)C(=O)c2cnn(-c3ccccc3)n2)cc1OC. The Morgan fingerprint density at radius 2 is 2.12 bits per heavy atom. The molecule has 0 saturated carbocycles. The molecule has 1 fully saturated rings. The standard InChI is InChI=1S/C25H28N4O4/c1-3-13-33-23-12-11-19(15-24(23)31-2)17-28(18-21-10-7-14-32-21)25(30)22-16-26-29(27-22)20-8-5-4-6-9-20/h3-6,8-9,11-12,15-16,21H,1,7,10,13-14,17-18H2,2H3. The van der Waals surface area contributed by atoms with Crippen LogP contribution in [0.3, 0.4) is 0 Å². The van der Waals surface area contributed by atoms with Gasteiger partial charge in [0, 0.05) is 19.7 Å². The zero-order valence-electron chi connectivity index (χ0n) is 18.7. The van der Waals surface area contributed by atoms with Gasteiger partial charge in [-0.25, -0.2) is 0 Å². The number of ether oxygens (including phenoxy) is 3. The number of hydrogen-bond donors (Lipinski definition) is 0. The van der Waals surface area contributed by atoms with E-state index in [0.29, 0.717) is 31.2 Å². The fourth-order valence-electron chi connectivity index (χ4n) is 3.76. The Kier molecular flexibility index (Phi) is 7.36. The van der Waals surface area contributed by atoms with Gasteiger partial charge in [-0.2, -0.15) is 9.90 Å². The number of methoxy groups -OCH3 is 1. The lowest BCUT2D eigenvalue weighted by atomic mass is 10.1. The van der Waals surface area contributed by atoms with Crippen molar-refractivity contribution in [2.45, 2.75) is 25.5 Å². The van der Waals surface area contributed by atoms with Crippen LogP contribution in [0.15, 0.2) is 67.4 Å². The smallest absolute Gasteiger partial charge is 0.276 e. The number of carbonyl (C=O) groups excluding carboxylic acids is 1. The molecule has 8 nitrogen and oxygen atoms in total. The Morgan fingerprint density at radius 1 is 1.27 bits per heavy atom. The van der Waals surface area contributed by atoms with Gasteiger partial charge >= 0.3 is 0 Å². The first-order valence-electron chi connectivity index (χ1n) is 11.0. The predicted octanol–water partition coefficient (Wildman–Crippen LogP) is 3.66. The molecule has 1 atom stereocenters. The predicted molar refractivity (Wildman–Crippen MR) is 124 cm³/mol. The van der Waals surface area contributed by atoms with Crippen LogP contribution in [-0.4, -0.2) is 58.8 Å². The van der Waals surface area contributed by atoms with Crippen LogP contribution in [0.2, 0.25) is 0 Å². The summed E-state index contributed by atoms with van der Waals surface area (Å²) in [7, 11) is 1.59. The maximum Gasteiger partial charge on any atom is 0.276 e. The number of rotatable bonds is 10. The van der Waals surface area contributed by atoms with Crippen molar-refractivity contribution >= 4 is 5.91 Å². The van der Waals surface area contributed by atoms with Gasteiger partial charge < -0.3 is 19.1 Å². The molecule has 33 heavy (non-hydrogen) atoms. The molecule has 0 spiro atoms. The third-order valence-electron chi connectivity index (χ3n) is 5.39. The van der Waals surface area contributed by atoms with Crippen molar-refractivity contribution in [1.29, 1.82) is 0 Å². The summed E-state index contributed by atoms with van der Waals surface area (Å²) < 4.78 is 16.9. The largest absolute Gasteiger partial charge is 0.493 e. The highest BCUT2D eigenvalue weighted by Gasteiger charge is 2.26. The summed E-state index contributed by atoms with van der Waals surface area (Å²) in [5, 5.41) is 8.70. The first-order chi connectivity index (χ1) is 16.2. The Morgan fingerprint density at radius 3 is 2.85 bits per heavy atom. The number of nitrogens with zero attached hydrogens (tertiary/aromatic N) is 4. The molecule has 2 aromatic carbocycles. The lowest BCUT2D eigenvalue weighted by Gasteiger charge is -2.25. The Hall–Kier alpha value is -3.65. The number of benzene rings is 2. The number of amides is 1. The van der Waals surface area contributed by atoms with Gasteiger partial charge in [-0.05, 0) is 42.7 Å². The number of aromatic nitrogens is 3. The van der Waals surface area contributed by atoms with Crippen LogP contribution in [0, 0.1) is 0 Å². The minimum atomic E-state index is -0.196. The van der Waals surface area contributed by atoms with Crippen LogP contribution in [-0.2, 0) is 11.3 Å². The highest BCUT2D eigenvalue weighted by molar-refractivity contribution is 5.92. The van der Waals surface area contributed by atoms with Crippen LogP contribution in [0.1, 0.15) is 28.9 Å². The van der Waals surface area contributed by atoms with Crippen LogP contribution < -0.4 is 9.47 Å². The van der Waals surface area contributed by atoms with Gasteiger partial charge in [0.2, 0.25) is 0 Å². The van der Waals surface area contributed by atoms with E-state index >= 15 is 0 Å². The van der Waals surface area contributed by atoms with Crippen molar-refractivity contribution in [2.75, 3.05) is 26.9 Å². The summed E-state index contributed by atoms with van der Waals surface area (Å²) in [6, 6.07) is 15.2. The second-order valence-corrected chi connectivity index (χ2v) is 7.76. The number of hydrogen-bond acceptors (Lipinski definition) is 6. The summed E-state index contributed by atoms with van der Waals surface area (Å²) in [6.45, 7) is 5.64. The second kappa shape index (κ2) is 10.8. The molecule has 1 amide bonds. The molecule has 172 valence electrons. The molecule has 8 heteroatoms. The zero-order chi connectivity index (χ0) is 23.0. The molecular formula is C25H28N4O4. The van der Waals surface area contributed by atoms with E-state index in [2.05, 4.69) is 16.8 Å². The van der Waals surface area contributed by atoms with Gasteiger partial charge in [0.25, 0.3) is 5.91 Å². The first-order valence-corrected chi connectivity index (χ1v) is 11.0. The molecule has 1 saturated heterocycles. The van der Waals surface area contributed by atoms with E-state index in [-0.39, 0.29) is 17.7 Å². The number of carbonyl (C=O) groups is 1. The summed E-state index contributed by atoms with van der Waals surface area (Å²) in [5.74, 6) is 1.04. The van der Waals surface area contributed by atoms with Crippen molar-refractivity contribution in [3.63, 3.8) is 0 Å². The third kappa shape index (κ3) is 5.59. The Bertz CT molecular complexity index is 1080. The molecule has 1 aliphatic rings. The molecule has 0 bridgehead atoms. The minimum absolute atomic E-state index is 0.00946. The van der Waals surface area contributed by atoms with E-state index in [1.54, 1.807) is 18.1 Å². The van der Waals surface area contributed by atoms with E-state index in [1.807, 2.05) is 48.5 Å². The molecule has 4 rings (SSSR count). The van der Waals surface area contributed by atoms with Crippen LogP contribution in [0.4, 0.5) is 0 Å². The Labute approximate surface area is 193 Å². The normalized spacial score (nSPS) is 15.2. The third-order valence-corrected chi connectivity index (χ3v) is 5.39. The minimum Gasteiger partial charge on any atom is -0.493 e. The van der Waals surface area contributed by atoms with E-state index in [9.17, 15) is 4.79 Å². The monoisotopic (exact) mass is 448 g/mol. The summed E-state index contributed by atoms with van der Waals surface area (Å²) in [6.07, 6.45) is 5.12. The molecule has 1 aliphatic heterocycles. The van der Waals surface area contributed by atoms with Gasteiger partial charge in [-0.1, -0.05) is 36.9 Å². The van der Waals surface area contributed by atoms with E-state index in [1.165, 1.54) is 11.0 Å². The van der Waals surface area contributed by atoms with Crippen molar-refractivity contribution in [3.8, 4) is 17.2 Å². The average Bonchev–Trinajstić information content (AvgIpc) is 3.55. The molecule has 1 aromatic heterocycles. The quantitative estimate of drug-likeness (QED) is 0.441. The van der Waals surface area contributed by atoms with Crippen molar-refractivity contribution in [2.24, 2.45) is 0 Å². The highest BCUT2D eigenvalue weighted by atomic mass is 16.5. The summed E-state index contributed by atoms with van der Waals surface area (Å²) in [5.41, 5.74) is 2.00. The van der Waals surface area contributed by atoms with Crippen molar-refractivity contribution in [3.05, 3.63) is 78.6 Å².